The fraction of sp³-hybridized carbons (Fsp3) is 0.300. The smallest absolute Gasteiger partial charge is 0.180 e. The zero-order chi connectivity index (χ0) is 11.4. The Balaban J connectivity index is 3.32. The number of benzene rings is 1. The van der Waals surface area contributed by atoms with Crippen LogP contribution >= 0.6 is 11.6 Å². The van der Waals surface area contributed by atoms with E-state index in [0.717, 1.165) is 0 Å². The molecule has 0 saturated heterocycles. The summed E-state index contributed by atoms with van der Waals surface area (Å²) in [6, 6.07) is 3.13. The van der Waals surface area contributed by atoms with Gasteiger partial charge in [-0.05, 0) is 6.07 Å². The molecule has 2 N–H and O–H groups in total. The predicted octanol–water partition coefficient (Wildman–Crippen LogP) is 1.50. The van der Waals surface area contributed by atoms with Crippen LogP contribution in [0.4, 0.5) is 0 Å². The van der Waals surface area contributed by atoms with E-state index in [4.69, 9.17) is 26.8 Å². The number of ketones is 1. The quantitative estimate of drug-likeness (QED) is 0.795. The minimum Gasteiger partial charge on any atom is -0.497 e. The van der Waals surface area contributed by atoms with Crippen molar-refractivity contribution in [2.24, 2.45) is 5.73 Å². The van der Waals surface area contributed by atoms with E-state index in [1.807, 2.05) is 0 Å². The van der Waals surface area contributed by atoms with Gasteiger partial charge in [0.25, 0.3) is 0 Å². The number of Topliss-reactive ketones (excluding diaryl/α,β-unsaturated/α-hetero) is 1. The van der Waals surface area contributed by atoms with Crippen molar-refractivity contribution >= 4 is 17.4 Å². The monoisotopic (exact) mass is 229 g/mol. The number of carbonyl (C=O) groups is 1. The number of rotatable bonds is 4. The molecule has 0 amide bonds. The zero-order valence-corrected chi connectivity index (χ0v) is 9.30. The van der Waals surface area contributed by atoms with Gasteiger partial charge in [0.15, 0.2) is 5.78 Å². The van der Waals surface area contributed by atoms with Crippen LogP contribution in [0.3, 0.4) is 0 Å². The van der Waals surface area contributed by atoms with Crippen molar-refractivity contribution in [3.63, 3.8) is 0 Å². The second-order valence-corrected chi connectivity index (χ2v) is 3.22. The van der Waals surface area contributed by atoms with E-state index in [2.05, 4.69) is 0 Å². The first kappa shape index (κ1) is 11.8. The number of ether oxygens (including phenoxy) is 2. The van der Waals surface area contributed by atoms with E-state index in [0.29, 0.717) is 22.1 Å². The second kappa shape index (κ2) is 5.00. The van der Waals surface area contributed by atoms with Crippen LogP contribution in [0.15, 0.2) is 12.1 Å². The lowest BCUT2D eigenvalue weighted by Gasteiger charge is -2.10. The second-order valence-electron chi connectivity index (χ2n) is 2.82. The highest BCUT2D eigenvalue weighted by Crippen LogP contribution is 2.33. The van der Waals surface area contributed by atoms with Gasteiger partial charge >= 0.3 is 0 Å². The van der Waals surface area contributed by atoms with Crippen LogP contribution in [0.2, 0.25) is 5.02 Å². The van der Waals surface area contributed by atoms with Crippen LogP contribution in [0.25, 0.3) is 0 Å². The van der Waals surface area contributed by atoms with Crippen LogP contribution in [0.5, 0.6) is 11.5 Å². The third-order valence-electron chi connectivity index (χ3n) is 1.94. The predicted molar refractivity (Wildman–Crippen MR) is 57.9 cm³/mol. The number of methoxy groups -OCH3 is 2. The van der Waals surface area contributed by atoms with Gasteiger partial charge in [-0.15, -0.1) is 0 Å². The molecule has 82 valence electrons. The number of carbonyl (C=O) groups excluding carboxylic acids is 1. The summed E-state index contributed by atoms with van der Waals surface area (Å²) in [4.78, 5) is 11.5. The first-order chi connectivity index (χ1) is 7.13. The molecule has 0 fully saturated rings. The van der Waals surface area contributed by atoms with E-state index in [-0.39, 0.29) is 12.3 Å². The molecular formula is C10H12ClNO3. The van der Waals surface area contributed by atoms with E-state index >= 15 is 0 Å². The molecule has 0 aliphatic rings. The van der Waals surface area contributed by atoms with Gasteiger partial charge in [-0.2, -0.15) is 0 Å². The molecule has 1 aromatic rings. The number of hydrogen-bond donors (Lipinski definition) is 1. The van der Waals surface area contributed by atoms with Gasteiger partial charge in [-0.25, -0.2) is 0 Å². The summed E-state index contributed by atoms with van der Waals surface area (Å²) in [6.45, 7) is -0.0974. The summed E-state index contributed by atoms with van der Waals surface area (Å²) in [5, 5.41) is 0.327. The Bertz CT molecular complexity index is 379. The van der Waals surface area contributed by atoms with Crippen molar-refractivity contribution in [2.75, 3.05) is 20.8 Å². The van der Waals surface area contributed by atoms with Crippen molar-refractivity contribution < 1.29 is 14.3 Å². The minimum absolute atomic E-state index is 0.0974. The molecule has 0 bridgehead atoms. The Hall–Kier alpha value is -1.26. The fourth-order valence-electron chi connectivity index (χ4n) is 1.21. The van der Waals surface area contributed by atoms with Crippen molar-refractivity contribution in [3.8, 4) is 11.5 Å². The maximum absolute atomic E-state index is 11.5. The lowest BCUT2D eigenvalue weighted by molar-refractivity contribution is 0.0998. The number of hydrogen-bond acceptors (Lipinski definition) is 4. The maximum atomic E-state index is 11.5. The molecule has 0 radical (unpaired) electrons. The highest BCUT2D eigenvalue weighted by molar-refractivity contribution is 6.33. The third kappa shape index (κ3) is 2.40. The molecule has 0 aliphatic heterocycles. The van der Waals surface area contributed by atoms with E-state index < -0.39 is 0 Å². The standard InChI is InChI=1S/C10H12ClNO3/c1-14-6-3-7(9(13)5-12)10(15-2)8(11)4-6/h3-4H,5,12H2,1-2H3. The largest absolute Gasteiger partial charge is 0.497 e. The summed E-state index contributed by atoms with van der Waals surface area (Å²) in [6.07, 6.45) is 0. The molecule has 0 spiro atoms. The van der Waals surface area contributed by atoms with Gasteiger partial charge in [0.05, 0.1) is 31.4 Å². The fourth-order valence-corrected chi connectivity index (χ4v) is 1.50. The van der Waals surface area contributed by atoms with Crippen LogP contribution in [0, 0.1) is 0 Å². The van der Waals surface area contributed by atoms with Crippen LogP contribution < -0.4 is 15.2 Å². The summed E-state index contributed by atoms with van der Waals surface area (Å²) < 4.78 is 10.0. The third-order valence-corrected chi connectivity index (χ3v) is 2.22. The molecule has 0 aromatic heterocycles. The van der Waals surface area contributed by atoms with Crippen molar-refractivity contribution in [1.82, 2.24) is 0 Å². The van der Waals surface area contributed by atoms with Crippen molar-refractivity contribution in [3.05, 3.63) is 22.7 Å². The van der Waals surface area contributed by atoms with Gasteiger partial charge < -0.3 is 15.2 Å². The number of halogens is 1. The zero-order valence-electron chi connectivity index (χ0n) is 8.54. The average molecular weight is 230 g/mol. The van der Waals surface area contributed by atoms with Gasteiger partial charge in [-0.3, -0.25) is 4.79 Å². The molecule has 0 unspecified atom stereocenters. The normalized spacial score (nSPS) is 9.87. The highest BCUT2D eigenvalue weighted by Gasteiger charge is 2.15. The van der Waals surface area contributed by atoms with Crippen molar-refractivity contribution in [2.45, 2.75) is 0 Å². The first-order valence-corrected chi connectivity index (χ1v) is 4.66. The topological polar surface area (TPSA) is 61.5 Å². The van der Waals surface area contributed by atoms with E-state index in [1.54, 1.807) is 12.1 Å². The molecule has 0 atom stereocenters. The molecule has 15 heavy (non-hydrogen) atoms. The maximum Gasteiger partial charge on any atom is 0.180 e. The lowest BCUT2D eigenvalue weighted by atomic mass is 10.1. The van der Waals surface area contributed by atoms with Gasteiger partial charge in [-0.1, -0.05) is 11.6 Å². The van der Waals surface area contributed by atoms with Crippen LogP contribution in [-0.4, -0.2) is 26.5 Å². The number of nitrogens with two attached hydrogens (primary N) is 1. The van der Waals surface area contributed by atoms with Crippen LogP contribution in [0.1, 0.15) is 10.4 Å². The molecule has 4 nitrogen and oxygen atoms in total. The Kier molecular flexibility index (Phi) is 3.94. The van der Waals surface area contributed by atoms with Crippen LogP contribution in [-0.2, 0) is 0 Å². The summed E-state index contributed by atoms with van der Waals surface area (Å²) in [5.41, 5.74) is 5.62. The summed E-state index contributed by atoms with van der Waals surface area (Å²) in [5.74, 6) is 0.582. The highest BCUT2D eigenvalue weighted by atomic mass is 35.5. The van der Waals surface area contributed by atoms with E-state index in [9.17, 15) is 4.79 Å². The Labute approximate surface area is 92.9 Å². The van der Waals surface area contributed by atoms with Crippen molar-refractivity contribution in [1.29, 1.82) is 0 Å². The molecule has 0 heterocycles. The molecule has 0 aliphatic carbocycles. The minimum atomic E-state index is -0.243. The SMILES string of the molecule is COc1cc(Cl)c(OC)c(C(=O)CN)c1. The Morgan fingerprint density at radius 1 is 1.40 bits per heavy atom. The Morgan fingerprint density at radius 3 is 2.53 bits per heavy atom. The Morgan fingerprint density at radius 2 is 2.07 bits per heavy atom. The average Bonchev–Trinajstić information content (AvgIpc) is 2.26. The molecular weight excluding hydrogens is 218 g/mol. The molecule has 1 rings (SSSR count). The summed E-state index contributed by atoms with van der Waals surface area (Å²) in [7, 11) is 2.94. The lowest BCUT2D eigenvalue weighted by Crippen LogP contribution is -2.14. The van der Waals surface area contributed by atoms with Gasteiger partial charge in [0, 0.05) is 6.07 Å². The molecule has 1 aromatic carbocycles. The van der Waals surface area contributed by atoms with E-state index in [1.165, 1.54) is 14.2 Å². The molecule has 5 heteroatoms. The first-order valence-electron chi connectivity index (χ1n) is 4.28. The summed E-state index contributed by atoms with van der Waals surface area (Å²) >= 11 is 5.92. The molecule has 0 saturated carbocycles. The van der Waals surface area contributed by atoms with Gasteiger partial charge in [0.2, 0.25) is 0 Å². The van der Waals surface area contributed by atoms with Gasteiger partial charge in [0.1, 0.15) is 11.5 Å².